The van der Waals surface area contributed by atoms with Crippen LogP contribution in [0.1, 0.15) is 131 Å². The molecule has 1 rings (SSSR count). The van der Waals surface area contributed by atoms with Gasteiger partial charge in [0, 0.05) is 17.1 Å². The summed E-state index contributed by atoms with van der Waals surface area (Å²) in [6.45, 7) is 27.9. The zero-order valence-electron chi connectivity index (χ0n) is 25.7. The summed E-state index contributed by atoms with van der Waals surface area (Å²) in [5.41, 5.74) is 5.37. The second-order valence-corrected chi connectivity index (χ2v) is 8.05. The second kappa shape index (κ2) is 24.2. The van der Waals surface area contributed by atoms with Crippen molar-refractivity contribution < 1.29 is 9.59 Å². The molecule has 0 heterocycles. The molecule has 0 aliphatic carbocycles. The molecule has 0 saturated heterocycles. The third-order valence-corrected chi connectivity index (χ3v) is 5.61. The number of hydrogen-bond acceptors (Lipinski definition) is 2. The van der Waals surface area contributed by atoms with Gasteiger partial charge in [-0.05, 0) is 55.9 Å². The lowest BCUT2D eigenvalue weighted by Gasteiger charge is -2.18. The third-order valence-electron chi connectivity index (χ3n) is 5.61. The molecule has 0 aliphatic heterocycles. The zero-order valence-corrected chi connectivity index (χ0v) is 25.7. The first-order chi connectivity index (χ1) is 17.3. The molecule has 0 radical (unpaired) electrons. The van der Waals surface area contributed by atoms with E-state index in [0.717, 1.165) is 47.1 Å². The van der Waals surface area contributed by atoms with Gasteiger partial charge in [-0.1, -0.05) is 131 Å². The maximum absolute atomic E-state index is 12.6. The molecule has 0 amide bonds. The first-order valence-corrected chi connectivity index (χ1v) is 14.1. The fourth-order valence-corrected chi connectivity index (χ4v) is 3.56. The first-order valence-electron chi connectivity index (χ1n) is 14.1. The van der Waals surface area contributed by atoms with Crippen LogP contribution in [0.3, 0.4) is 0 Å². The van der Waals surface area contributed by atoms with Gasteiger partial charge in [-0.25, -0.2) is 0 Å². The highest BCUT2D eigenvalue weighted by Crippen LogP contribution is 2.34. The Morgan fingerprint density at radius 3 is 1.61 bits per heavy atom. The van der Waals surface area contributed by atoms with Gasteiger partial charge in [0.2, 0.25) is 0 Å². The van der Waals surface area contributed by atoms with Crippen LogP contribution in [-0.2, 0) is 4.79 Å². The maximum Gasteiger partial charge on any atom is 0.165 e. The average molecular weight is 497 g/mol. The molecule has 1 unspecified atom stereocenters. The van der Waals surface area contributed by atoms with Crippen LogP contribution in [0.15, 0.2) is 65.8 Å². The molecule has 0 aromatic heterocycles. The van der Waals surface area contributed by atoms with E-state index in [2.05, 4.69) is 40.3 Å². The number of unbranched alkanes of at least 4 members (excludes halogenated alkanes) is 1. The predicted octanol–water partition coefficient (Wildman–Crippen LogP) is 11.0. The van der Waals surface area contributed by atoms with Crippen molar-refractivity contribution in [3.63, 3.8) is 0 Å². The van der Waals surface area contributed by atoms with Gasteiger partial charge in [0.05, 0.1) is 0 Å². The monoisotopic (exact) mass is 496 g/mol. The van der Waals surface area contributed by atoms with Gasteiger partial charge in [-0.3, -0.25) is 9.59 Å². The number of rotatable bonds is 11. The molecule has 36 heavy (non-hydrogen) atoms. The molecular formula is C34H56O2. The Bertz CT molecular complexity index is 830. The minimum Gasteiger partial charge on any atom is -0.294 e. The highest BCUT2D eigenvalue weighted by molar-refractivity contribution is 6.03. The predicted molar refractivity (Wildman–Crippen MR) is 164 cm³/mol. The zero-order chi connectivity index (χ0) is 28.7. The van der Waals surface area contributed by atoms with Gasteiger partial charge in [-0.15, -0.1) is 0 Å². The summed E-state index contributed by atoms with van der Waals surface area (Å²) in [7, 11) is 0. The Morgan fingerprint density at radius 1 is 0.833 bits per heavy atom. The molecular weight excluding hydrogens is 440 g/mol. The normalized spacial score (nSPS) is 12.3. The lowest BCUT2D eigenvalue weighted by atomic mass is 9.85. The van der Waals surface area contributed by atoms with Gasteiger partial charge in [0.15, 0.2) is 11.6 Å². The Kier molecular flexibility index (Phi) is 25.6. The van der Waals surface area contributed by atoms with E-state index in [9.17, 15) is 9.59 Å². The maximum atomic E-state index is 12.6. The summed E-state index contributed by atoms with van der Waals surface area (Å²) < 4.78 is 0. The van der Waals surface area contributed by atoms with Gasteiger partial charge in [-0.2, -0.15) is 0 Å². The number of allylic oxidation sites excluding steroid dienone is 7. The number of carbonyl (C=O) groups is 2. The summed E-state index contributed by atoms with van der Waals surface area (Å²) in [6, 6.07) is 7.75. The molecule has 0 aliphatic rings. The number of benzene rings is 1. The molecule has 0 saturated carbocycles. The molecule has 0 fully saturated rings. The second-order valence-electron chi connectivity index (χ2n) is 8.05. The molecule has 0 bridgehead atoms. The highest BCUT2D eigenvalue weighted by Gasteiger charge is 2.19. The van der Waals surface area contributed by atoms with Crippen LogP contribution >= 0.6 is 0 Å². The van der Waals surface area contributed by atoms with E-state index < -0.39 is 0 Å². The summed E-state index contributed by atoms with van der Waals surface area (Å²) >= 11 is 0. The molecule has 0 spiro atoms. The lowest BCUT2D eigenvalue weighted by Crippen LogP contribution is -2.11. The van der Waals surface area contributed by atoms with Crippen molar-refractivity contribution in [3.05, 3.63) is 76.9 Å². The number of Topliss-reactive ketones (excluding diaryl/α,β-unsaturated/α-hetero) is 2. The fraction of sp³-hybridized carbons (Fsp3) is 0.529. The quantitative estimate of drug-likeness (QED) is 0.173. The first kappa shape index (κ1) is 38.1. The summed E-state index contributed by atoms with van der Waals surface area (Å²) in [5.74, 6) is 0.217. The van der Waals surface area contributed by atoms with Crippen molar-refractivity contribution in [2.45, 2.75) is 115 Å². The SMILES string of the molecule is C=C/C(C(C)=O)=C(C(=CC)CC)/C(=C\C)c1ccc(C(=O)C(C)CCC)cc1.CC.CC.CCCC. The van der Waals surface area contributed by atoms with Crippen LogP contribution < -0.4 is 0 Å². The highest BCUT2D eigenvalue weighted by atomic mass is 16.1. The van der Waals surface area contributed by atoms with Crippen LogP contribution in [0.25, 0.3) is 5.57 Å². The van der Waals surface area contributed by atoms with E-state index >= 15 is 0 Å². The van der Waals surface area contributed by atoms with Crippen molar-refractivity contribution in [3.8, 4) is 0 Å². The Hall–Kier alpha value is -2.48. The molecule has 0 N–H and O–H groups in total. The van der Waals surface area contributed by atoms with E-state index in [4.69, 9.17) is 0 Å². The molecule has 1 aromatic rings. The molecule has 2 nitrogen and oxygen atoms in total. The minimum atomic E-state index is -0.00246. The average Bonchev–Trinajstić information content (AvgIpc) is 2.92. The fourth-order valence-electron chi connectivity index (χ4n) is 3.56. The van der Waals surface area contributed by atoms with E-state index in [1.165, 1.54) is 12.8 Å². The Morgan fingerprint density at radius 2 is 1.31 bits per heavy atom. The summed E-state index contributed by atoms with van der Waals surface area (Å²) in [4.78, 5) is 24.8. The number of carbonyl (C=O) groups excluding carboxylic acids is 2. The van der Waals surface area contributed by atoms with Crippen molar-refractivity contribution in [2.75, 3.05) is 0 Å². The Balaban J connectivity index is -0.00000121. The van der Waals surface area contributed by atoms with E-state index in [1.807, 2.05) is 78.8 Å². The van der Waals surface area contributed by atoms with Gasteiger partial charge >= 0.3 is 0 Å². The van der Waals surface area contributed by atoms with Crippen molar-refractivity contribution in [2.24, 2.45) is 5.92 Å². The van der Waals surface area contributed by atoms with Crippen LogP contribution in [0, 0.1) is 5.92 Å². The number of ketones is 2. The van der Waals surface area contributed by atoms with E-state index in [1.54, 1.807) is 13.0 Å². The minimum absolute atomic E-state index is 0.00246. The summed E-state index contributed by atoms with van der Waals surface area (Å²) in [5, 5.41) is 0. The van der Waals surface area contributed by atoms with Gasteiger partial charge < -0.3 is 0 Å². The molecule has 2 heteroatoms. The van der Waals surface area contributed by atoms with Gasteiger partial charge in [0.25, 0.3) is 0 Å². The van der Waals surface area contributed by atoms with E-state index in [0.29, 0.717) is 5.57 Å². The standard InChI is InChI=1S/C26H34O2.C4H10.2C2H6/c1-8-13-18(6)26(28)22-16-14-21(15-17-22)24(12-5)25(20(9-2)10-3)23(11-4)19(7)27;1-3-4-2;2*1-2/h9,11-12,14-18H,4,8,10,13H2,1-3,5-7H3;3-4H2,1-2H3;2*1-2H3/b20-9?,24-12-,25-23-;;;. The Labute approximate surface area is 224 Å². The smallest absolute Gasteiger partial charge is 0.165 e. The van der Waals surface area contributed by atoms with Crippen LogP contribution in [0.5, 0.6) is 0 Å². The van der Waals surface area contributed by atoms with Crippen LogP contribution in [0.4, 0.5) is 0 Å². The van der Waals surface area contributed by atoms with Crippen molar-refractivity contribution >= 4 is 17.1 Å². The van der Waals surface area contributed by atoms with Crippen molar-refractivity contribution in [1.82, 2.24) is 0 Å². The molecule has 1 aromatic carbocycles. The number of hydrogen-bond donors (Lipinski definition) is 0. The van der Waals surface area contributed by atoms with Crippen LogP contribution in [-0.4, -0.2) is 11.6 Å². The largest absolute Gasteiger partial charge is 0.294 e. The van der Waals surface area contributed by atoms with Crippen LogP contribution in [0.2, 0.25) is 0 Å². The topological polar surface area (TPSA) is 34.1 Å². The lowest BCUT2D eigenvalue weighted by molar-refractivity contribution is -0.113. The molecule has 1 atom stereocenters. The van der Waals surface area contributed by atoms with Gasteiger partial charge in [0.1, 0.15) is 0 Å². The third kappa shape index (κ3) is 13.0. The van der Waals surface area contributed by atoms with Crippen molar-refractivity contribution in [1.29, 1.82) is 0 Å². The molecule has 204 valence electrons. The summed E-state index contributed by atoms with van der Waals surface area (Å²) in [6.07, 6.45) is 11.1. The van der Waals surface area contributed by atoms with E-state index in [-0.39, 0.29) is 17.5 Å².